The number of nitrogens with zero attached hydrogens (tertiary/aromatic N) is 1. The fourth-order valence-electron chi connectivity index (χ4n) is 3.12. The summed E-state index contributed by atoms with van der Waals surface area (Å²) in [6, 6.07) is 10.1. The zero-order chi connectivity index (χ0) is 25.1. The molecular formula is C24H33ClN4O5S. The van der Waals surface area contributed by atoms with Crippen molar-refractivity contribution in [2.24, 2.45) is 0 Å². The van der Waals surface area contributed by atoms with Gasteiger partial charge in [0.25, 0.3) is 5.91 Å². The van der Waals surface area contributed by atoms with E-state index in [1.165, 1.54) is 33.5 Å². The molecule has 2 amide bonds. The van der Waals surface area contributed by atoms with Gasteiger partial charge in [-0.2, -0.15) is 0 Å². The minimum absolute atomic E-state index is 0. The number of unbranched alkanes of at least 4 members (excludes halogenated alkanes) is 1. The fraction of sp³-hybridized carbons (Fsp3) is 0.375. The number of hydrogen-bond acceptors (Lipinski definition) is 7. The van der Waals surface area contributed by atoms with Crippen molar-refractivity contribution in [1.82, 2.24) is 10.2 Å². The molecule has 2 rings (SSSR count). The molecule has 3 N–H and O–H groups in total. The minimum Gasteiger partial charge on any atom is -0.493 e. The summed E-state index contributed by atoms with van der Waals surface area (Å²) >= 11 is 5.26. The first kappa shape index (κ1) is 30.0. The summed E-state index contributed by atoms with van der Waals surface area (Å²) in [7, 11) is 8.47. The summed E-state index contributed by atoms with van der Waals surface area (Å²) in [5.41, 5.74) is 1.65. The predicted octanol–water partition coefficient (Wildman–Crippen LogP) is 3.93. The molecule has 0 saturated heterocycles. The molecule has 0 unspecified atom stereocenters. The van der Waals surface area contributed by atoms with Gasteiger partial charge in [0.2, 0.25) is 11.7 Å². The van der Waals surface area contributed by atoms with Crippen molar-refractivity contribution in [1.29, 1.82) is 0 Å². The Balaban J connectivity index is 0.00000612. The van der Waals surface area contributed by atoms with E-state index in [2.05, 4.69) is 20.9 Å². The van der Waals surface area contributed by atoms with Gasteiger partial charge in [0.1, 0.15) is 0 Å². The number of carbonyl (C=O) groups is 2. The van der Waals surface area contributed by atoms with Crippen molar-refractivity contribution >= 4 is 52.9 Å². The van der Waals surface area contributed by atoms with Crippen molar-refractivity contribution in [3.63, 3.8) is 0 Å². The molecule has 0 heterocycles. The van der Waals surface area contributed by atoms with Crippen LogP contribution in [0, 0.1) is 0 Å². The molecule has 0 aliphatic rings. The first-order valence-electron chi connectivity index (χ1n) is 10.7. The second kappa shape index (κ2) is 15.0. The van der Waals surface area contributed by atoms with Gasteiger partial charge in [0, 0.05) is 23.4 Å². The van der Waals surface area contributed by atoms with Crippen LogP contribution in [0.3, 0.4) is 0 Å². The number of halogens is 1. The van der Waals surface area contributed by atoms with Crippen LogP contribution in [0.25, 0.3) is 0 Å². The number of benzene rings is 2. The monoisotopic (exact) mass is 524 g/mol. The molecule has 0 spiro atoms. The van der Waals surface area contributed by atoms with Gasteiger partial charge in [-0.25, -0.2) is 0 Å². The number of methoxy groups -OCH3 is 3. The molecule has 2 aromatic carbocycles. The van der Waals surface area contributed by atoms with E-state index in [-0.39, 0.29) is 23.4 Å². The van der Waals surface area contributed by atoms with Gasteiger partial charge in [0.15, 0.2) is 16.6 Å². The van der Waals surface area contributed by atoms with E-state index in [1.54, 1.807) is 24.3 Å². The van der Waals surface area contributed by atoms with Crippen LogP contribution in [0.4, 0.5) is 11.4 Å². The maximum atomic E-state index is 12.7. The summed E-state index contributed by atoms with van der Waals surface area (Å²) in [5, 5.41) is 8.57. The number of nitrogens with one attached hydrogen (secondary N) is 3. The third kappa shape index (κ3) is 9.59. The first-order chi connectivity index (χ1) is 16.3. The first-order valence-corrected chi connectivity index (χ1v) is 11.1. The van der Waals surface area contributed by atoms with E-state index >= 15 is 0 Å². The molecule has 35 heavy (non-hydrogen) atoms. The highest BCUT2D eigenvalue weighted by Gasteiger charge is 2.17. The largest absolute Gasteiger partial charge is 0.493 e. The van der Waals surface area contributed by atoms with Crippen LogP contribution in [-0.2, 0) is 4.79 Å². The van der Waals surface area contributed by atoms with E-state index in [4.69, 9.17) is 26.4 Å². The van der Waals surface area contributed by atoms with E-state index < -0.39 is 5.91 Å². The molecule has 0 saturated carbocycles. The van der Waals surface area contributed by atoms with E-state index in [0.717, 1.165) is 19.4 Å². The highest BCUT2D eigenvalue weighted by atomic mass is 35.5. The van der Waals surface area contributed by atoms with E-state index in [0.29, 0.717) is 40.6 Å². The van der Waals surface area contributed by atoms with Crippen LogP contribution in [0.2, 0.25) is 0 Å². The lowest BCUT2D eigenvalue weighted by atomic mass is 10.1. The average molecular weight is 525 g/mol. The number of amides is 2. The Bertz CT molecular complexity index is 977. The summed E-state index contributed by atoms with van der Waals surface area (Å²) in [4.78, 5) is 26.8. The SMILES string of the molecule is COc1cc(C(=O)NC(=S)Nc2ccc(NC(=O)CCCCN(C)C)cc2)cc(OC)c1OC.Cl. The lowest BCUT2D eigenvalue weighted by Gasteiger charge is -2.15. The Morgan fingerprint density at radius 3 is 1.91 bits per heavy atom. The molecular weight excluding hydrogens is 492 g/mol. The molecule has 0 aliphatic heterocycles. The summed E-state index contributed by atoms with van der Waals surface area (Å²) in [6.07, 6.45) is 2.29. The third-order valence-electron chi connectivity index (χ3n) is 4.84. The Labute approximate surface area is 217 Å². The lowest BCUT2D eigenvalue weighted by molar-refractivity contribution is -0.116. The van der Waals surface area contributed by atoms with Gasteiger partial charge in [0.05, 0.1) is 21.3 Å². The Kier molecular flexibility index (Phi) is 12.9. The second-order valence-electron chi connectivity index (χ2n) is 7.71. The highest BCUT2D eigenvalue weighted by Crippen LogP contribution is 2.38. The smallest absolute Gasteiger partial charge is 0.257 e. The van der Waals surface area contributed by atoms with Crippen LogP contribution in [0.5, 0.6) is 17.2 Å². The van der Waals surface area contributed by atoms with Crippen LogP contribution in [-0.4, -0.2) is 63.8 Å². The number of ether oxygens (including phenoxy) is 3. The van der Waals surface area contributed by atoms with Gasteiger partial charge in [-0.3, -0.25) is 14.9 Å². The molecule has 9 nitrogen and oxygen atoms in total. The molecule has 0 atom stereocenters. The maximum absolute atomic E-state index is 12.7. The van der Waals surface area contributed by atoms with Crippen LogP contribution >= 0.6 is 24.6 Å². The number of thiocarbonyl (C=S) groups is 1. The average Bonchev–Trinajstić information content (AvgIpc) is 2.81. The second-order valence-corrected chi connectivity index (χ2v) is 8.12. The normalized spacial score (nSPS) is 10.1. The van der Waals surface area contributed by atoms with Crippen molar-refractivity contribution in [3.05, 3.63) is 42.0 Å². The van der Waals surface area contributed by atoms with Crippen molar-refractivity contribution < 1.29 is 23.8 Å². The van der Waals surface area contributed by atoms with Crippen molar-refractivity contribution in [2.45, 2.75) is 19.3 Å². The number of rotatable bonds is 11. The minimum atomic E-state index is -0.435. The van der Waals surface area contributed by atoms with E-state index in [1.807, 2.05) is 14.1 Å². The quantitative estimate of drug-likeness (QED) is 0.300. The van der Waals surface area contributed by atoms with Crippen molar-refractivity contribution in [2.75, 3.05) is 52.6 Å². The molecule has 0 radical (unpaired) electrons. The molecule has 2 aromatic rings. The molecule has 0 bridgehead atoms. The molecule has 0 aromatic heterocycles. The molecule has 0 aliphatic carbocycles. The molecule has 11 heteroatoms. The fourth-order valence-corrected chi connectivity index (χ4v) is 3.33. The van der Waals surface area contributed by atoms with Gasteiger partial charge < -0.3 is 29.7 Å². The molecule has 0 fully saturated rings. The van der Waals surface area contributed by atoms with Crippen LogP contribution < -0.4 is 30.2 Å². The standard InChI is InChI=1S/C24H32N4O5S.ClH/c1-28(2)13-7-6-8-21(29)25-17-9-11-18(12-10-17)26-24(34)27-23(30)16-14-19(31-3)22(33-5)20(15-16)32-4;/h9-12,14-15H,6-8,13H2,1-5H3,(H,25,29)(H2,26,27,30,34);1H. The van der Waals surface area contributed by atoms with Gasteiger partial charge in [-0.15, -0.1) is 12.4 Å². The van der Waals surface area contributed by atoms with Gasteiger partial charge in [-0.1, -0.05) is 0 Å². The Hall–Kier alpha value is -3.08. The summed E-state index contributed by atoms with van der Waals surface area (Å²) in [6.45, 7) is 0.962. The van der Waals surface area contributed by atoms with Gasteiger partial charge in [-0.05, 0) is 82.1 Å². The van der Waals surface area contributed by atoms with E-state index in [9.17, 15) is 9.59 Å². The zero-order valence-electron chi connectivity index (χ0n) is 20.6. The number of hydrogen-bond donors (Lipinski definition) is 3. The number of carbonyl (C=O) groups excluding carboxylic acids is 2. The highest BCUT2D eigenvalue weighted by molar-refractivity contribution is 7.80. The van der Waals surface area contributed by atoms with Crippen LogP contribution in [0.1, 0.15) is 29.6 Å². The third-order valence-corrected chi connectivity index (χ3v) is 5.04. The lowest BCUT2D eigenvalue weighted by Crippen LogP contribution is -2.34. The zero-order valence-corrected chi connectivity index (χ0v) is 22.2. The van der Waals surface area contributed by atoms with Crippen LogP contribution in [0.15, 0.2) is 36.4 Å². The summed E-state index contributed by atoms with van der Waals surface area (Å²) < 4.78 is 15.8. The Morgan fingerprint density at radius 2 is 1.43 bits per heavy atom. The molecule has 192 valence electrons. The summed E-state index contributed by atoms with van der Waals surface area (Å²) in [5.74, 6) is 0.660. The van der Waals surface area contributed by atoms with Crippen molar-refractivity contribution in [3.8, 4) is 17.2 Å². The number of anilines is 2. The topological polar surface area (TPSA) is 101 Å². The maximum Gasteiger partial charge on any atom is 0.257 e. The predicted molar refractivity (Wildman–Crippen MR) is 145 cm³/mol. The Morgan fingerprint density at radius 1 is 0.886 bits per heavy atom. The van der Waals surface area contributed by atoms with Gasteiger partial charge >= 0.3 is 0 Å².